The summed E-state index contributed by atoms with van der Waals surface area (Å²) in [5, 5.41) is 17.7. The predicted octanol–water partition coefficient (Wildman–Crippen LogP) is 4.40. The summed E-state index contributed by atoms with van der Waals surface area (Å²) in [7, 11) is 0. The van der Waals surface area contributed by atoms with Crippen molar-refractivity contribution in [2.24, 2.45) is 0 Å². The number of hydrogen-bond donors (Lipinski definition) is 1. The van der Waals surface area contributed by atoms with Crippen molar-refractivity contribution >= 4 is 28.8 Å². The first-order valence-corrected chi connectivity index (χ1v) is 12.5. The first-order valence-electron chi connectivity index (χ1n) is 11.6. The molecule has 0 aliphatic carbocycles. The molecule has 0 radical (unpaired) electrons. The van der Waals surface area contributed by atoms with Gasteiger partial charge in [0.1, 0.15) is 5.76 Å². The van der Waals surface area contributed by atoms with E-state index in [2.05, 4.69) is 23.8 Å². The van der Waals surface area contributed by atoms with E-state index in [0.29, 0.717) is 17.8 Å². The molecular formula is C26H30N4O3S. The molecule has 3 aromatic rings. The molecule has 2 aromatic heterocycles. The van der Waals surface area contributed by atoms with Gasteiger partial charge in [-0.25, -0.2) is 4.68 Å². The van der Waals surface area contributed by atoms with Gasteiger partial charge in [0, 0.05) is 11.4 Å². The Kier molecular flexibility index (Phi) is 7.29. The van der Waals surface area contributed by atoms with Crippen LogP contribution in [0.3, 0.4) is 0 Å². The third-order valence-electron chi connectivity index (χ3n) is 6.39. The normalized spacial score (nSPS) is 17.8. The van der Waals surface area contributed by atoms with Crippen molar-refractivity contribution in [1.82, 2.24) is 19.6 Å². The summed E-state index contributed by atoms with van der Waals surface area (Å²) in [6.07, 6.45) is 2.30. The van der Waals surface area contributed by atoms with E-state index >= 15 is 0 Å². The molecule has 0 spiro atoms. The first kappa shape index (κ1) is 23.9. The lowest BCUT2D eigenvalue weighted by atomic mass is 10.00. The zero-order chi connectivity index (χ0) is 24.2. The Morgan fingerprint density at radius 2 is 1.85 bits per heavy atom. The predicted molar refractivity (Wildman–Crippen MR) is 134 cm³/mol. The van der Waals surface area contributed by atoms with Crippen LogP contribution in [0, 0.1) is 6.92 Å². The van der Waals surface area contributed by atoms with Crippen molar-refractivity contribution in [3.05, 3.63) is 75.7 Å². The van der Waals surface area contributed by atoms with Gasteiger partial charge in [-0.3, -0.25) is 9.59 Å². The summed E-state index contributed by atoms with van der Waals surface area (Å²) >= 11 is 1.48. The molecule has 1 atom stereocenters. The van der Waals surface area contributed by atoms with Gasteiger partial charge < -0.3 is 14.9 Å². The topological polar surface area (TPSA) is 78.7 Å². The second kappa shape index (κ2) is 10.4. The van der Waals surface area contributed by atoms with Gasteiger partial charge in [-0.2, -0.15) is 5.10 Å². The molecule has 4 rings (SSSR count). The number of amides is 1. The minimum atomic E-state index is -0.648. The standard InChI is InChI=1S/C26H30N4O3S/c1-4-28(5-2)14-10-15-29-23(21-13-9-16-34-21)22(25(32)26(29)33)24(31)20-17-27-30(18(20)3)19-11-7-6-8-12-19/h6-9,11-13,16-17,23,31H,4-5,10,14-15H2,1-3H3/t23-/m1/s1. The number of hydrogen-bond acceptors (Lipinski definition) is 6. The number of aromatic nitrogens is 2. The number of para-hydroxylation sites is 1. The maximum absolute atomic E-state index is 13.2. The summed E-state index contributed by atoms with van der Waals surface area (Å²) in [5.41, 5.74) is 2.13. The van der Waals surface area contributed by atoms with Gasteiger partial charge in [0.05, 0.1) is 34.8 Å². The Hall–Kier alpha value is -3.23. The number of ketones is 1. The van der Waals surface area contributed by atoms with Gasteiger partial charge in [0.15, 0.2) is 0 Å². The lowest BCUT2D eigenvalue weighted by Gasteiger charge is -2.25. The average Bonchev–Trinajstić information content (AvgIpc) is 3.57. The number of likely N-dealkylation sites (tertiary alicyclic amines) is 1. The van der Waals surface area contributed by atoms with Crippen LogP contribution in [0.4, 0.5) is 0 Å². The monoisotopic (exact) mass is 478 g/mol. The van der Waals surface area contributed by atoms with Crippen LogP contribution in [0.25, 0.3) is 11.4 Å². The lowest BCUT2D eigenvalue weighted by Crippen LogP contribution is -2.33. The van der Waals surface area contributed by atoms with Crippen LogP contribution in [-0.2, 0) is 9.59 Å². The molecule has 0 saturated carbocycles. The van der Waals surface area contributed by atoms with Gasteiger partial charge in [0.2, 0.25) is 0 Å². The zero-order valence-electron chi connectivity index (χ0n) is 19.8. The highest BCUT2D eigenvalue weighted by molar-refractivity contribution is 7.10. The number of rotatable bonds is 9. The molecule has 1 amide bonds. The van der Waals surface area contributed by atoms with Crippen molar-refractivity contribution in [3.63, 3.8) is 0 Å². The summed E-state index contributed by atoms with van der Waals surface area (Å²) in [6.45, 7) is 9.23. The largest absolute Gasteiger partial charge is 0.507 e. The molecule has 0 bridgehead atoms. The summed E-state index contributed by atoms with van der Waals surface area (Å²) < 4.78 is 1.72. The Morgan fingerprint density at radius 1 is 1.12 bits per heavy atom. The number of thiophene rings is 1. The van der Waals surface area contributed by atoms with E-state index in [0.717, 1.165) is 36.6 Å². The van der Waals surface area contributed by atoms with Crippen molar-refractivity contribution in [2.45, 2.75) is 33.2 Å². The van der Waals surface area contributed by atoms with E-state index in [1.165, 1.54) is 11.3 Å². The van der Waals surface area contributed by atoms with Crippen LogP contribution in [0.1, 0.15) is 42.4 Å². The third-order valence-corrected chi connectivity index (χ3v) is 7.31. The molecule has 1 aliphatic rings. The maximum atomic E-state index is 13.2. The molecule has 8 heteroatoms. The summed E-state index contributed by atoms with van der Waals surface area (Å²) in [4.78, 5) is 31.0. The quantitative estimate of drug-likeness (QED) is 0.280. The van der Waals surface area contributed by atoms with E-state index < -0.39 is 17.7 Å². The van der Waals surface area contributed by atoms with E-state index in [9.17, 15) is 14.7 Å². The molecule has 1 aliphatic heterocycles. The smallest absolute Gasteiger partial charge is 0.295 e. The summed E-state index contributed by atoms with van der Waals surface area (Å²) in [6, 6.07) is 12.8. The first-order chi connectivity index (χ1) is 16.5. The highest BCUT2D eigenvalue weighted by atomic mass is 32.1. The summed E-state index contributed by atoms with van der Waals surface area (Å²) in [5.74, 6) is -1.39. The molecule has 3 heterocycles. The number of carbonyl (C=O) groups excluding carboxylic acids is 2. The Balaban J connectivity index is 1.72. The number of Topliss-reactive ketones (excluding diaryl/α,β-unsaturated/α-hetero) is 1. The Labute approximate surface area is 203 Å². The van der Waals surface area contributed by atoms with Crippen molar-refractivity contribution < 1.29 is 14.7 Å². The molecule has 1 aromatic carbocycles. The second-order valence-corrected chi connectivity index (χ2v) is 9.26. The fourth-order valence-corrected chi connectivity index (χ4v) is 5.32. The van der Waals surface area contributed by atoms with Crippen molar-refractivity contribution in [3.8, 4) is 5.69 Å². The van der Waals surface area contributed by atoms with Crippen LogP contribution in [0.2, 0.25) is 0 Å². The number of benzene rings is 1. The molecule has 34 heavy (non-hydrogen) atoms. The fraction of sp³-hybridized carbons (Fsp3) is 0.346. The van der Waals surface area contributed by atoms with Crippen LogP contribution in [0.15, 0.2) is 59.6 Å². The third kappa shape index (κ3) is 4.43. The molecule has 1 saturated heterocycles. The Morgan fingerprint density at radius 3 is 2.50 bits per heavy atom. The molecule has 178 valence electrons. The van der Waals surface area contributed by atoms with Crippen LogP contribution < -0.4 is 0 Å². The second-order valence-electron chi connectivity index (χ2n) is 8.28. The maximum Gasteiger partial charge on any atom is 0.295 e. The highest BCUT2D eigenvalue weighted by Crippen LogP contribution is 2.41. The van der Waals surface area contributed by atoms with Crippen molar-refractivity contribution in [1.29, 1.82) is 0 Å². The molecule has 0 unspecified atom stereocenters. The van der Waals surface area contributed by atoms with E-state index in [1.54, 1.807) is 15.8 Å². The van der Waals surface area contributed by atoms with Crippen LogP contribution >= 0.6 is 11.3 Å². The van der Waals surface area contributed by atoms with E-state index in [4.69, 9.17) is 0 Å². The number of carbonyl (C=O) groups is 2. The average molecular weight is 479 g/mol. The fourth-order valence-electron chi connectivity index (χ4n) is 4.47. The number of nitrogens with zero attached hydrogens (tertiary/aromatic N) is 4. The highest BCUT2D eigenvalue weighted by Gasteiger charge is 2.46. The van der Waals surface area contributed by atoms with Gasteiger partial charge >= 0.3 is 0 Å². The van der Waals surface area contributed by atoms with Crippen LogP contribution in [-0.4, -0.2) is 62.6 Å². The van der Waals surface area contributed by atoms with Crippen molar-refractivity contribution in [2.75, 3.05) is 26.2 Å². The molecule has 7 nitrogen and oxygen atoms in total. The minimum absolute atomic E-state index is 0.131. The zero-order valence-corrected chi connectivity index (χ0v) is 20.6. The number of aliphatic hydroxyl groups is 1. The minimum Gasteiger partial charge on any atom is -0.507 e. The van der Waals surface area contributed by atoms with Gasteiger partial charge in [-0.05, 0) is 56.6 Å². The van der Waals surface area contributed by atoms with E-state index in [1.807, 2.05) is 54.8 Å². The SMILES string of the molecule is CCN(CC)CCCN1C(=O)C(=O)C(=C(O)c2cnn(-c3ccccc3)c2C)[C@H]1c1cccs1. The van der Waals surface area contributed by atoms with Gasteiger partial charge in [-0.15, -0.1) is 11.3 Å². The Bertz CT molecular complexity index is 1180. The number of aliphatic hydroxyl groups excluding tert-OH is 1. The lowest BCUT2D eigenvalue weighted by molar-refractivity contribution is -0.139. The van der Waals surface area contributed by atoms with Gasteiger partial charge in [-0.1, -0.05) is 38.1 Å². The van der Waals surface area contributed by atoms with E-state index in [-0.39, 0.29) is 11.3 Å². The van der Waals surface area contributed by atoms with Gasteiger partial charge in [0.25, 0.3) is 11.7 Å². The van der Waals surface area contributed by atoms with Crippen LogP contribution in [0.5, 0.6) is 0 Å². The molecule has 1 N–H and O–H groups in total. The molecular weight excluding hydrogens is 448 g/mol. The molecule has 1 fully saturated rings.